The van der Waals surface area contributed by atoms with E-state index in [1.54, 1.807) is 7.05 Å². The summed E-state index contributed by atoms with van der Waals surface area (Å²) in [5.41, 5.74) is 4.86. The molecule has 0 spiro atoms. The molecule has 0 saturated carbocycles. The van der Waals surface area contributed by atoms with Gasteiger partial charge in [0.15, 0.2) is 0 Å². The van der Waals surface area contributed by atoms with E-state index < -0.39 is 24.0 Å². The van der Waals surface area contributed by atoms with Gasteiger partial charge in [0, 0.05) is 13.0 Å². The van der Waals surface area contributed by atoms with Gasteiger partial charge in [-0.3, -0.25) is 9.48 Å². The topological polar surface area (TPSA) is 123 Å². The average Bonchev–Trinajstić information content (AvgIpc) is 3.38. The van der Waals surface area contributed by atoms with Crippen LogP contribution < -0.4 is 10.6 Å². The molecule has 1 aliphatic carbocycles. The highest BCUT2D eigenvalue weighted by Gasteiger charge is 2.29. The second kappa shape index (κ2) is 10.4. The van der Waals surface area contributed by atoms with Crippen LogP contribution in [0.25, 0.3) is 11.1 Å². The summed E-state index contributed by atoms with van der Waals surface area (Å²) >= 11 is 0. The molecule has 2 amide bonds. The summed E-state index contributed by atoms with van der Waals surface area (Å²) in [4.78, 5) is 36.8. The molecule has 9 nitrogen and oxygen atoms in total. The number of carboxylic acid groups (broad SMARTS) is 1. The Morgan fingerprint density at radius 2 is 1.71 bits per heavy atom. The third-order valence-electron chi connectivity index (χ3n) is 6.25. The molecule has 182 valence electrons. The number of hydrogen-bond donors (Lipinski definition) is 3. The molecule has 1 aliphatic rings. The van der Waals surface area contributed by atoms with Crippen LogP contribution >= 0.6 is 0 Å². The van der Waals surface area contributed by atoms with Crippen molar-refractivity contribution in [3.8, 4) is 11.1 Å². The summed E-state index contributed by atoms with van der Waals surface area (Å²) in [5.74, 6) is -1.62. The van der Waals surface area contributed by atoms with Crippen LogP contribution in [-0.2, 0) is 23.1 Å². The van der Waals surface area contributed by atoms with Gasteiger partial charge >= 0.3 is 12.1 Å². The van der Waals surface area contributed by atoms with Crippen molar-refractivity contribution in [3.05, 3.63) is 77.1 Å². The van der Waals surface area contributed by atoms with E-state index in [2.05, 4.69) is 27.9 Å². The van der Waals surface area contributed by atoms with Gasteiger partial charge in [0.05, 0.1) is 18.4 Å². The fourth-order valence-electron chi connectivity index (χ4n) is 4.49. The van der Waals surface area contributed by atoms with Crippen molar-refractivity contribution in [3.63, 3.8) is 0 Å². The monoisotopic (exact) mass is 476 g/mol. The quantitative estimate of drug-likeness (QED) is 0.435. The minimum atomic E-state index is -1.12. The van der Waals surface area contributed by atoms with E-state index in [1.807, 2.05) is 43.3 Å². The van der Waals surface area contributed by atoms with E-state index in [-0.39, 0.29) is 24.6 Å². The molecule has 35 heavy (non-hydrogen) atoms. The summed E-state index contributed by atoms with van der Waals surface area (Å²) in [7, 11) is 1.60. The lowest BCUT2D eigenvalue weighted by molar-refractivity contribution is -0.123. The Labute approximate surface area is 203 Å². The fourth-order valence-corrected chi connectivity index (χ4v) is 4.49. The first-order valence-electron chi connectivity index (χ1n) is 11.5. The predicted molar refractivity (Wildman–Crippen MR) is 129 cm³/mol. The Hall–Kier alpha value is -4.14. The van der Waals surface area contributed by atoms with Gasteiger partial charge in [-0.25, -0.2) is 9.59 Å². The molecule has 3 N–H and O–H groups in total. The van der Waals surface area contributed by atoms with Gasteiger partial charge in [0.25, 0.3) is 0 Å². The molecular formula is C26H28N4O5. The van der Waals surface area contributed by atoms with Crippen LogP contribution in [0.4, 0.5) is 4.79 Å². The number of fused-ring (bicyclic) bond motifs is 3. The van der Waals surface area contributed by atoms with E-state index in [0.29, 0.717) is 18.5 Å². The van der Waals surface area contributed by atoms with E-state index >= 15 is 0 Å². The highest BCUT2D eigenvalue weighted by atomic mass is 16.5. The van der Waals surface area contributed by atoms with Gasteiger partial charge in [0.1, 0.15) is 18.2 Å². The van der Waals surface area contributed by atoms with E-state index in [9.17, 15) is 19.5 Å². The maximum atomic E-state index is 12.8. The number of amides is 2. The number of benzene rings is 2. The van der Waals surface area contributed by atoms with Gasteiger partial charge in [-0.15, -0.1) is 0 Å². The zero-order valence-electron chi connectivity index (χ0n) is 19.7. The van der Waals surface area contributed by atoms with Gasteiger partial charge in [0.2, 0.25) is 5.91 Å². The second-order valence-corrected chi connectivity index (χ2v) is 8.46. The summed E-state index contributed by atoms with van der Waals surface area (Å²) in [6.45, 7) is 2.03. The van der Waals surface area contributed by atoms with Crippen LogP contribution in [0.5, 0.6) is 0 Å². The Balaban J connectivity index is 1.38. The van der Waals surface area contributed by atoms with Crippen molar-refractivity contribution in [2.75, 3.05) is 6.61 Å². The lowest BCUT2D eigenvalue weighted by Crippen LogP contribution is -2.47. The highest BCUT2D eigenvalue weighted by molar-refractivity contribution is 5.89. The van der Waals surface area contributed by atoms with Gasteiger partial charge in [-0.05, 0) is 28.7 Å². The van der Waals surface area contributed by atoms with Gasteiger partial charge in [-0.1, -0.05) is 61.9 Å². The summed E-state index contributed by atoms with van der Waals surface area (Å²) in [6, 6.07) is 15.3. The van der Waals surface area contributed by atoms with E-state index in [0.717, 1.165) is 22.3 Å². The van der Waals surface area contributed by atoms with Crippen LogP contribution in [0.2, 0.25) is 0 Å². The van der Waals surface area contributed by atoms with Crippen LogP contribution in [-0.4, -0.2) is 45.5 Å². The third-order valence-corrected chi connectivity index (χ3v) is 6.25. The first-order chi connectivity index (χ1) is 16.9. The van der Waals surface area contributed by atoms with Crippen molar-refractivity contribution < 1.29 is 24.2 Å². The number of ether oxygens (including phenoxy) is 1. The number of aryl methyl sites for hydroxylation is 1. The van der Waals surface area contributed by atoms with Crippen molar-refractivity contribution in [1.82, 2.24) is 20.4 Å². The second-order valence-electron chi connectivity index (χ2n) is 8.46. The van der Waals surface area contributed by atoms with Crippen LogP contribution in [0.3, 0.4) is 0 Å². The number of aromatic nitrogens is 2. The van der Waals surface area contributed by atoms with Crippen molar-refractivity contribution >= 4 is 18.0 Å². The zero-order chi connectivity index (χ0) is 24.9. The third kappa shape index (κ3) is 5.03. The number of aromatic carboxylic acids is 1. The van der Waals surface area contributed by atoms with E-state index in [1.165, 1.54) is 10.9 Å². The fraction of sp³-hybridized carbons (Fsp3) is 0.308. The molecule has 1 atom stereocenters. The molecule has 0 aliphatic heterocycles. The number of carbonyl (C=O) groups excluding carboxylic acids is 2. The number of nitrogens with one attached hydrogen (secondary N) is 2. The summed E-state index contributed by atoms with van der Waals surface area (Å²) < 4.78 is 6.97. The standard InChI is InChI=1S/C26H28N4O5/c1-3-8-22(24(31)27-14-23-20(25(32)33)13-28-30(23)2)29-26(34)35-15-21-18-11-6-4-9-16(18)17-10-5-7-12-19(17)21/h4-7,9-13,21-22H,3,8,14-15H2,1-2H3,(H,27,31)(H,29,34)(H,32,33)/t22-/m1/s1. The van der Waals surface area contributed by atoms with Crippen molar-refractivity contribution in [2.45, 2.75) is 38.3 Å². The van der Waals surface area contributed by atoms with E-state index in [4.69, 9.17) is 4.74 Å². The summed E-state index contributed by atoms with van der Waals surface area (Å²) in [6.07, 6.45) is 1.63. The van der Waals surface area contributed by atoms with Crippen molar-refractivity contribution in [2.24, 2.45) is 7.05 Å². The maximum absolute atomic E-state index is 12.8. The molecule has 2 aromatic carbocycles. The molecule has 1 aromatic heterocycles. The molecule has 1 heterocycles. The number of hydrogen-bond acceptors (Lipinski definition) is 5. The molecule has 0 bridgehead atoms. The Morgan fingerprint density at radius 3 is 2.31 bits per heavy atom. The lowest BCUT2D eigenvalue weighted by Gasteiger charge is -2.19. The molecule has 0 fully saturated rings. The molecule has 0 saturated heterocycles. The smallest absolute Gasteiger partial charge is 0.407 e. The molecule has 0 radical (unpaired) electrons. The number of carbonyl (C=O) groups is 3. The average molecular weight is 477 g/mol. The Kier molecular flexibility index (Phi) is 7.14. The molecule has 3 aromatic rings. The van der Waals surface area contributed by atoms with Crippen LogP contribution in [0, 0.1) is 0 Å². The minimum Gasteiger partial charge on any atom is -0.478 e. The van der Waals surface area contributed by atoms with Gasteiger partial charge in [-0.2, -0.15) is 5.10 Å². The lowest BCUT2D eigenvalue weighted by atomic mass is 9.98. The number of alkyl carbamates (subject to hydrolysis) is 1. The zero-order valence-corrected chi connectivity index (χ0v) is 19.7. The summed E-state index contributed by atoms with van der Waals surface area (Å²) in [5, 5.41) is 18.6. The maximum Gasteiger partial charge on any atom is 0.407 e. The number of nitrogens with zero attached hydrogens (tertiary/aromatic N) is 2. The normalized spacial score (nSPS) is 13.0. The Bertz CT molecular complexity index is 1210. The molecule has 4 rings (SSSR count). The minimum absolute atomic E-state index is 0.0179. The SMILES string of the molecule is CCC[C@@H](NC(=O)OCC1c2ccccc2-c2ccccc21)C(=O)NCc1c(C(=O)O)cnn1C. The van der Waals surface area contributed by atoms with Crippen molar-refractivity contribution in [1.29, 1.82) is 0 Å². The van der Waals surface area contributed by atoms with Crippen LogP contribution in [0.15, 0.2) is 54.7 Å². The largest absolute Gasteiger partial charge is 0.478 e. The molecular weight excluding hydrogens is 448 g/mol. The Morgan fingerprint density at radius 1 is 1.09 bits per heavy atom. The first kappa shape index (κ1) is 24.0. The number of rotatable bonds is 9. The number of carboxylic acids is 1. The molecule has 9 heteroatoms. The predicted octanol–water partition coefficient (Wildman–Crippen LogP) is 3.44. The van der Waals surface area contributed by atoms with Crippen LogP contribution in [0.1, 0.15) is 52.9 Å². The molecule has 0 unspecified atom stereocenters. The first-order valence-corrected chi connectivity index (χ1v) is 11.5. The van der Waals surface area contributed by atoms with Gasteiger partial charge < -0.3 is 20.5 Å². The highest BCUT2D eigenvalue weighted by Crippen LogP contribution is 2.44.